The average molecular weight is 173 g/mol. The molecule has 12 heavy (non-hydrogen) atoms. The second kappa shape index (κ2) is 4.21. The van der Waals surface area contributed by atoms with Crippen molar-refractivity contribution < 1.29 is 9.84 Å². The minimum atomic E-state index is -0.591. The van der Waals surface area contributed by atoms with Crippen molar-refractivity contribution in [2.24, 2.45) is 0 Å². The van der Waals surface area contributed by atoms with Gasteiger partial charge in [0.1, 0.15) is 0 Å². The molecule has 3 heteroatoms. The first-order valence-electron chi connectivity index (χ1n) is 4.63. The molecule has 0 aromatic carbocycles. The summed E-state index contributed by atoms with van der Waals surface area (Å²) in [6.45, 7) is 6.31. The minimum Gasteiger partial charge on any atom is -0.390 e. The van der Waals surface area contributed by atoms with E-state index in [4.69, 9.17) is 4.74 Å². The maximum Gasteiger partial charge on any atom is 0.0711 e. The molecular weight excluding hydrogens is 154 g/mol. The highest BCUT2D eigenvalue weighted by Gasteiger charge is 2.17. The molecule has 2 N–H and O–H groups in total. The van der Waals surface area contributed by atoms with Crippen LogP contribution in [-0.4, -0.2) is 36.5 Å². The Morgan fingerprint density at radius 2 is 2.33 bits per heavy atom. The van der Waals surface area contributed by atoms with Gasteiger partial charge in [-0.25, -0.2) is 0 Å². The van der Waals surface area contributed by atoms with Gasteiger partial charge in [-0.05, 0) is 33.2 Å². The molecule has 3 nitrogen and oxygen atoms in total. The lowest BCUT2D eigenvalue weighted by Crippen LogP contribution is -2.24. The summed E-state index contributed by atoms with van der Waals surface area (Å²) >= 11 is 0. The highest BCUT2D eigenvalue weighted by atomic mass is 16.5. The molecule has 1 fully saturated rings. The van der Waals surface area contributed by atoms with Crippen molar-refractivity contribution in [1.82, 2.24) is 5.32 Å². The minimum absolute atomic E-state index is 0.368. The van der Waals surface area contributed by atoms with Gasteiger partial charge >= 0.3 is 0 Å². The van der Waals surface area contributed by atoms with E-state index in [1.165, 1.54) is 0 Å². The van der Waals surface area contributed by atoms with Gasteiger partial charge in [-0.1, -0.05) is 0 Å². The molecule has 1 aliphatic rings. The van der Waals surface area contributed by atoms with Gasteiger partial charge in [0.2, 0.25) is 0 Å². The summed E-state index contributed by atoms with van der Waals surface area (Å²) in [4.78, 5) is 0. The number of hydrogen-bond donors (Lipinski definition) is 2. The first-order valence-corrected chi connectivity index (χ1v) is 4.63. The van der Waals surface area contributed by atoms with Crippen LogP contribution in [0.1, 0.15) is 26.7 Å². The van der Waals surface area contributed by atoms with Crippen LogP contribution >= 0.6 is 0 Å². The maximum absolute atomic E-state index is 9.40. The van der Waals surface area contributed by atoms with Crippen molar-refractivity contribution in [2.75, 3.05) is 19.7 Å². The zero-order valence-electron chi connectivity index (χ0n) is 7.97. The topological polar surface area (TPSA) is 41.5 Å². The normalized spacial score (nSPS) is 24.8. The van der Waals surface area contributed by atoms with Crippen molar-refractivity contribution in [3.63, 3.8) is 0 Å². The predicted molar refractivity (Wildman–Crippen MR) is 48.1 cm³/mol. The molecule has 0 bridgehead atoms. The predicted octanol–water partition coefficient (Wildman–Crippen LogP) is 0.526. The van der Waals surface area contributed by atoms with Crippen molar-refractivity contribution in [2.45, 2.75) is 38.4 Å². The highest BCUT2D eigenvalue weighted by Crippen LogP contribution is 2.09. The van der Waals surface area contributed by atoms with Gasteiger partial charge in [0.05, 0.1) is 11.7 Å². The van der Waals surface area contributed by atoms with Crippen molar-refractivity contribution in [3.05, 3.63) is 0 Å². The molecule has 72 valence electrons. The van der Waals surface area contributed by atoms with Crippen LogP contribution in [0.15, 0.2) is 0 Å². The van der Waals surface area contributed by atoms with E-state index in [0.717, 1.165) is 19.5 Å². The SMILES string of the molecule is CC(C)(O)CCOC1CCNC1. The van der Waals surface area contributed by atoms with Gasteiger partial charge in [0, 0.05) is 13.2 Å². The lowest BCUT2D eigenvalue weighted by atomic mass is 10.1. The van der Waals surface area contributed by atoms with E-state index < -0.39 is 5.60 Å². The fourth-order valence-corrected chi connectivity index (χ4v) is 1.25. The zero-order chi connectivity index (χ0) is 9.03. The Bertz CT molecular complexity index is 125. The molecule has 0 aromatic heterocycles. The molecule has 0 saturated carbocycles. The third kappa shape index (κ3) is 4.04. The Morgan fingerprint density at radius 3 is 2.83 bits per heavy atom. The van der Waals surface area contributed by atoms with Crippen LogP contribution in [0.2, 0.25) is 0 Å². The molecule has 1 aliphatic heterocycles. The summed E-state index contributed by atoms with van der Waals surface area (Å²) in [7, 11) is 0. The molecule has 1 rings (SSSR count). The Kier molecular flexibility index (Phi) is 3.50. The van der Waals surface area contributed by atoms with E-state index in [0.29, 0.717) is 19.1 Å². The Hall–Kier alpha value is -0.120. The van der Waals surface area contributed by atoms with Crippen molar-refractivity contribution in [3.8, 4) is 0 Å². The largest absolute Gasteiger partial charge is 0.390 e. The molecule has 1 saturated heterocycles. The Morgan fingerprint density at radius 1 is 1.58 bits per heavy atom. The molecule has 0 spiro atoms. The van der Waals surface area contributed by atoms with Gasteiger partial charge in [0.25, 0.3) is 0 Å². The van der Waals surface area contributed by atoms with Gasteiger partial charge in [-0.3, -0.25) is 0 Å². The van der Waals surface area contributed by atoms with E-state index >= 15 is 0 Å². The van der Waals surface area contributed by atoms with Gasteiger partial charge in [0.15, 0.2) is 0 Å². The van der Waals surface area contributed by atoms with Crippen LogP contribution < -0.4 is 5.32 Å². The standard InChI is InChI=1S/C9H19NO2/c1-9(2,11)4-6-12-8-3-5-10-7-8/h8,10-11H,3-7H2,1-2H3. The summed E-state index contributed by atoms with van der Waals surface area (Å²) in [6, 6.07) is 0. The number of ether oxygens (including phenoxy) is 1. The zero-order valence-corrected chi connectivity index (χ0v) is 7.97. The summed E-state index contributed by atoms with van der Waals surface area (Å²) < 4.78 is 5.56. The van der Waals surface area contributed by atoms with Crippen LogP contribution in [-0.2, 0) is 4.74 Å². The quantitative estimate of drug-likeness (QED) is 0.651. The molecule has 0 radical (unpaired) electrons. The molecular formula is C9H19NO2. The summed E-state index contributed by atoms with van der Waals surface area (Å²) in [5, 5.41) is 12.6. The van der Waals surface area contributed by atoms with E-state index in [1.54, 1.807) is 0 Å². The van der Waals surface area contributed by atoms with Gasteiger partial charge in [-0.2, -0.15) is 0 Å². The second-order valence-electron chi connectivity index (χ2n) is 4.05. The highest BCUT2D eigenvalue weighted by molar-refractivity contribution is 4.72. The summed E-state index contributed by atoms with van der Waals surface area (Å²) in [5.74, 6) is 0. The molecule has 1 unspecified atom stereocenters. The van der Waals surface area contributed by atoms with Gasteiger partial charge in [-0.15, -0.1) is 0 Å². The molecule has 0 aliphatic carbocycles. The van der Waals surface area contributed by atoms with Crippen LogP contribution in [0.4, 0.5) is 0 Å². The fourth-order valence-electron chi connectivity index (χ4n) is 1.25. The van der Waals surface area contributed by atoms with E-state index in [1.807, 2.05) is 13.8 Å². The average Bonchev–Trinajstić information content (AvgIpc) is 2.36. The number of rotatable bonds is 4. The van der Waals surface area contributed by atoms with Crippen LogP contribution in [0.3, 0.4) is 0 Å². The van der Waals surface area contributed by atoms with Gasteiger partial charge < -0.3 is 15.2 Å². The molecule has 0 amide bonds. The Balaban J connectivity index is 2.02. The maximum atomic E-state index is 9.40. The van der Waals surface area contributed by atoms with Crippen LogP contribution in [0.25, 0.3) is 0 Å². The van der Waals surface area contributed by atoms with Crippen LogP contribution in [0, 0.1) is 0 Å². The number of nitrogens with one attached hydrogen (secondary N) is 1. The summed E-state index contributed by atoms with van der Waals surface area (Å²) in [5.41, 5.74) is -0.591. The lowest BCUT2D eigenvalue weighted by Gasteiger charge is -2.18. The van der Waals surface area contributed by atoms with E-state index in [2.05, 4.69) is 5.32 Å². The van der Waals surface area contributed by atoms with Crippen LogP contribution in [0.5, 0.6) is 0 Å². The third-order valence-electron chi connectivity index (χ3n) is 2.08. The second-order valence-corrected chi connectivity index (χ2v) is 4.05. The van der Waals surface area contributed by atoms with Crippen molar-refractivity contribution in [1.29, 1.82) is 0 Å². The first-order chi connectivity index (χ1) is 5.58. The lowest BCUT2D eigenvalue weighted by molar-refractivity contribution is 0.00489. The Labute approximate surface area is 74.1 Å². The molecule has 0 aromatic rings. The monoisotopic (exact) mass is 173 g/mol. The smallest absolute Gasteiger partial charge is 0.0711 e. The first kappa shape index (κ1) is 9.96. The van der Waals surface area contributed by atoms with E-state index in [-0.39, 0.29) is 0 Å². The fraction of sp³-hybridized carbons (Fsp3) is 1.00. The molecule has 1 atom stereocenters. The van der Waals surface area contributed by atoms with E-state index in [9.17, 15) is 5.11 Å². The third-order valence-corrected chi connectivity index (χ3v) is 2.08. The molecule has 1 heterocycles. The number of aliphatic hydroxyl groups is 1. The summed E-state index contributed by atoms with van der Waals surface area (Å²) in [6.07, 6.45) is 2.18. The number of hydrogen-bond acceptors (Lipinski definition) is 3. The van der Waals surface area contributed by atoms with Crippen molar-refractivity contribution >= 4 is 0 Å².